The van der Waals surface area contributed by atoms with E-state index in [2.05, 4.69) is 42.2 Å². The van der Waals surface area contributed by atoms with E-state index >= 15 is 0 Å². The number of aromatic nitrogens is 1. The van der Waals surface area contributed by atoms with Crippen molar-refractivity contribution in [3.8, 4) is 5.88 Å². The first kappa shape index (κ1) is 16.8. The highest BCUT2D eigenvalue weighted by Gasteiger charge is 2.14. The summed E-state index contributed by atoms with van der Waals surface area (Å²) in [7, 11) is 0. The topological polar surface area (TPSA) is 71.5 Å². The van der Waals surface area contributed by atoms with Crippen LogP contribution in [0.4, 0.5) is 4.79 Å². The van der Waals surface area contributed by atoms with E-state index in [1.807, 2.05) is 36.4 Å². The number of halogens is 2. The molecule has 1 unspecified atom stereocenters. The predicted molar refractivity (Wildman–Crippen MR) is 90.2 cm³/mol. The number of ether oxygens (including phenoxy) is 1. The SMILES string of the molecule is O=C(O)NC(COc1ncc(Br)cc1Br)Cc1ccccc1. The van der Waals surface area contributed by atoms with E-state index in [0.717, 1.165) is 10.0 Å². The molecule has 22 heavy (non-hydrogen) atoms. The Morgan fingerprint density at radius 1 is 1.32 bits per heavy atom. The van der Waals surface area contributed by atoms with E-state index < -0.39 is 6.09 Å². The molecule has 2 N–H and O–H groups in total. The molecule has 0 aliphatic rings. The van der Waals surface area contributed by atoms with Crippen LogP contribution in [0.1, 0.15) is 5.56 Å². The summed E-state index contributed by atoms with van der Waals surface area (Å²) in [5, 5.41) is 11.4. The molecular formula is C15H14Br2N2O3. The molecule has 0 fully saturated rings. The number of pyridine rings is 1. The Morgan fingerprint density at radius 3 is 2.68 bits per heavy atom. The lowest BCUT2D eigenvalue weighted by Gasteiger charge is -2.18. The standard InChI is InChI=1S/C15H14Br2N2O3/c16-11-7-13(17)14(18-8-11)22-9-12(19-15(20)21)6-10-4-2-1-3-5-10/h1-5,7-8,12,19H,6,9H2,(H,20,21). The number of nitrogens with one attached hydrogen (secondary N) is 1. The molecule has 1 atom stereocenters. The molecule has 1 aromatic carbocycles. The fourth-order valence-corrected chi connectivity index (χ4v) is 3.01. The lowest BCUT2D eigenvalue weighted by atomic mass is 10.1. The highest BCUT2D eigenvalue weighted by molar-refractivity contribution is 9.11. The Labute approximate surface area is 145 Å². The monoisotopic (exact) mass is 428 g/mol. The zero-order chi connectivity index (χ0) is 15.9. The summed E-state index contributed by atoms with van der Waals surface area (Å²) in [5.41, 5.74) is 1.03. The van der Waals surface area contributed by atoms with Crippen molar-refractivity contribution in [1.29, 1.82) is 0 Å². The maximum absolute atomic E-state index is 10.9. The Morgan fingerprint density at radius 2 is 2.05 bits per heavy atom. The quantitative estimate of drug-likeness (QED) is 0.731. The van der Waals surface area contributed by atoms with E-state index in [-0.39, 0.29) is 12.6 Å². The maximum atomic E-state index is 10.9. The van der Waals surface area contributed by atoms with Gasteiger partial charge in [-0.25, -0.2) is 9.78 Å². The second-order valence-electron chi connectivity index (χ2n) is 4.59. The van der Waals surface area contributed by atoms with Gasteiger partial charge >= 0.3 is 6.09 Å². The van der Waals surface area contributed by atoms with Crippen LogP contribution in [0.3, 0.4) is 0 Å². The van der Waals surface area contributed by atoms with Crippen LogP contribution in [0.15, 0.2) is 51.5 Å². The van der Waals surface area contributed by atoms with Gasteiger partial charge in [-0.15, -0.1) is 0 Å². The zero-order valence-electron chi connectivity index (χ0n) is 11.5. The van der Waals surface area contributed by atoms with Gasteiger partial charge in [0, 0.05) is 10.7 Å². The van der Waals surface area contributed by atoms with E-state index in [1.165, 1.54) is 0 Å². The van der Waals surface area contributed by atoms with Gasteiger partial charge in [0.2, 0.25) is 5.88 Å². The van der Waals surface area contributed by atoms with Crippen LogP contribution in [0, 0.1) is 0 Å². The van der Waals surface area contributed by atoms with Crippen LogP contribution >= 0.6 is 31.9 Å². The van der Waals surface area contributed by atoms with Gasteiger partial charge in [0.15, 0.2) is 0 Å². The molecule has 2 aromatic rings. The minimum atomic E-state index is -1.08. The molecule has 0 aliphatic carbocycles. The first-order chi connectivity index (χ1) is 10.5. The Balaban J connectivity index is 2.01. The minimum absolute atomic E-state index is 0.189. The van der Waals surface area contributed by atoms with Crippen molar-refractivity contribution in [3.63, 3.8) is 0 Å². The molecule has 0 saturated carbocycles. The van der Waals surface area contributed by atoms with Crippen molar-refractivity contribution < 1.29 is 14.6 Å². The van der Waals surface area contributed by atoms with Crippen LogP contribution in [0.5, 0.6) is 5.88 Å². The average Bonchev–Trinajstić information content (AvgIpc) is 2.46. The highest BCUT2D eigenvalue weighted by Crippen LogP contribution is 2.25. The van der Waals surface area contributed by atoms with Crippen LogP contribution < -0.4 is 10.1 Å². The number of hydrogen-bond acceptors (Lipinski definition) is 3. The van der Waals surface area contributed by atoms with Crippen molar-refractivity contribution in [1.82, 2.24) is 10.3 Å². The van der Waals surface area contributed by atoms with Crippen LogP contribution in [0.25, 0.3) is 0 Å². The fourth-order valence-electron chi connectivity index (χ4n) is 1.91. The molecule has 0 spiro atoms. The van der Waals surface area contributed by atoms with Gasteiger partial charge in [-0.1, -0.05) is 30.3 Å². The smallest absolute Gasteiger partial charge is 0.405 e. The number of rotatable bonds is 6. The molecule has 0 bridgehead atoms. The number of nitrogens with zero attached hydrogens (tertiary/aromatic N) is 1. The van der Waals surface area contributed by atoms with Gasteiger partial charge in [-0.2, -0.15) is 0 Å². The van der Waals surface area contributed by atoms with Gasteiger partial charge in [0.1, 0.15) is 6.61 Å². The van der Waals surface area contributed by atoms with Gasteiger partial charge < -0.3 is 15.2 Å². The third-order valence-corrected chi connectivity index (χ3v) is 3.85. The number of benzene rings is 1. The number of amides is 1. The summed E-state index contributed by atoms with van der Waals surface area (Å²) in [6.45, 7) is 0.189. The summed E-state index contributed by atoms with van der Waals surface area (Å²) in [4.78, 5) is 15.1. The number of hydrogen-bond donors (Lipinski definition) is 2. The summed E-state index contributed by atoms with van der Waals surface area (Å²) >= 11 is 6.68. The number of carbonyl (C=O) groups is 1. The normalized spacial score (nSPS) is 11.7. The lowest BCUT2D eigenvalue weighted by molar-refractivity contribution is 0.179. The molecule has 1 amide bonds. The summed E-state index contributed by atoms with van der Waals surface area (Å²) in [6, 6.07) is 11.1. The minimum Gasteiger partial charge on any atom is -0.475 e. The third kappa shape index (κ3) is 5.31. The molecule has 0 radical (unpaired) electrons. The summed E-state index contributed by atoms with van der Waals surface area (Å²) in [5.74, 6) is 0.424. The van der Waals surface area contributed by atoms with Crippen molar-refractivity contribution in [2.24, 2.45) is 0 Å². The molecule has 0 aliphatic heterocycles. The average molecular weight is 430 g/mol. The molecule has 116 valence electrons. The largest absolute Gasteiger partial charge is 0.475 e. The fraction of sp³-hybridized carbons (Fsp3) is 0.200. The van der Waals surface area contributed by atoms with Crippen LogP contribution in [-0.4, -0.2) is 28.8 Å². The van der Waals surface area contributed by atoms with E-state index in [0.29, 0.717) is 16.8 Å². The van der Waals surface area contributed by atoms with Gasteiger partial charge in [-0.3, -0.25) is 0 Å². The van der Waals surface area contributed by atoms with Gasteiger partial charge in [0.05, 0.1) is 10.5 Å². The maximum Gasteiger partial charge on any atom is 0.405 e. The summed E-state index contributed by atoms with van der Waals surface area (Å²) < 4.78 is 7.16. The van der Waals surface area contributed by atoms with Crippen molar-refractivity contribution >= 4 is 38.0 Å². The Kier molecular flexibility index (Phi) is 6.21. The Bertz CT molecular complexity index is 638. The number of carboxylic acid groups (broad SMARTS) is 1. The van der Waals surface area contributed by atoms with E-state index in [1.54, 1.807) is 6.20 Å². The van der Waals surface area contributed by atoms with Crippen molar-refractivity contribution in [2.45, 2.75) is 12.5 Å². The summed E-state index contributed by atoms with van der Waals surface area (Å²) in [6.07, 6.45) is 1.09. The third-order valence-electron chi connectivity index (χ3n) is 2.85. The van der Waals surface area contributed by atoms with E-state index in [9.17, 15) is 4.79 Å². The Hall–Kier alpha value is -1.60. The second-order valence-corrected chi connectivity index (χ2v) is 6.36. The van der Waals surface area contributed by atoms with Crippen LogP contribution in [-0.2, 0) is 6.42 Å². The predicted octanol–water partition coefficient (Wildman–Crippen LogP) is 3.86. The van der Waals surface area contributed by atoms with Crippen molar-refractivity contribution in [2.75, 3.05) is 6.61 Å². The lowest BCUT2D eigenvalue weighted by Crippen LogP contribution is -2.40. The first-order valence-electron chi connectivity index (χ1n) is 6.52. The second kappa shape index (κ2) is 8.14. The zero-order valence-corrected chi connectivity index (χ0v) is 14.7. The molecule has 5 nitrogen and oxygen atoms in total. The molecule has 1 heterocycles. The highest BCUT2D eigenvalue weighted by atomic mass is 79.9. The van der Waals surface area contributed by atoms with Crippen molar-refractivity contribution in [3.05, 3.63) is 57.1 Å². The van der Waals surface area contributed by atoms with Gasteiger partial charge in [0.25, 0.3) is 0 Å². The molecule has 1 aromatic heterocycles. The van der Waals surface area contributed by atoms with Gasteiger partial charge in [-0.05, 0) is 49.9 Å². The molecule has 7 heteroatoms. The van der Waals surface area contributed by atoms with Crippen LogP contribution in [0.2, 0.25) is 0 Å². The first-order valence-corrected chi connectivity index (χ1v) is 8.10. The molecular weight excluding hydrogens is 416 g/mol. The van der Waals surface area contributed by atoms with E-state index in [4.69, 9.17) is 9.84 Å². The molecule has 2 rings (SSSR count). The molecule has 0 saturated heterocycles.